The van der Waals surface area contributed by atoms with Gasteiger partial charge in [0.25, 0.3) is 11.8 Å². The van der Waals surface area contributed by atoms with Gasteiger partial charge in [-0.25, -0.2) is 9.18 Å². The minimum absolute atomic E-state index is 0.106. The van der Waals surface area contributed by atoms with Gasteiger partial charge in [-0.15, -0.1) is 0 Å². The highest BCUT2D eigenvalue weighted by Gasteiger charge is 2.32. The van der Waals surface area contributed by atoms with E-state index in [2.05, 4.69) is 10.4 Å². The van der Waals surface area contributed by atoms with E-state index in [9.17, 15) is 23.9 Å². The van der Waals surface area contributed by atoms with Gasteiger partial charge in [-0.2, -0.15) is 9.78 Å². The molecule has 0 bridgehead atoms. The molecule has 0 saturated carbocycles. The number of aliphatic hydroxyl groups excluding tert-OH is 1. The highest BCUT2D eigenvalue weighted by Crippen LogP contribution is 2.32. The Hall–Kier alpha value is -4.25. The monoisotopic (exact) mass is 507 g/mol. The number of carbonyl (C=O) groups excluding carboxylic acids is 3. The fraction of sp³-hybridized carbons (Fsp3) is 0.308. The molecule has 1 aromatic heterocycles. The van der Waals surface area contributed by atoms with Crippen LogP contribution in [0.15, 0.2) is 54.9 Å². The lowest BCUT2D eigenvalue weighted by atomic mass is 10.1. The Morgan fingerprint density at radius 1 is 1.22 bits per heavy atom. The van der Waals surface area contributed by atoms with Crippen molar-refractivity contribution in [2.24, 2.45) is 0 Å². The van der Waals surface area contributed by atoms with Gasteiger partial charge < -0.3 is 25.0 Å². The van der Waals surface area contributed by atoms with E-state index in [1.54, 1.807) is 42.3 Å². The number of carbonyl (C=O) groups is 3. The molecule has 2 N–H and O–H groups in total. The lowest BCUT2D eigenvalue weighted by Gasteiger charge is -2.21. The van der Waals surface area contributed by atoms with Crippen molar-refractivity contribution < 1.29 is 28.6 Å². The van der Waals surface area contributed by atoms with Crippen molar-refractivity contribution in [1.82, 2.24) is 20.0 Å². The smallest absolute Gasteiger partial charge is 0.342 e. The molecular weight excluding hydrogens is 481 g/mol. The second kappa shape index (κ2) is 10.0. The summed E-state index contributed by atoms with van der Waals surface area (Å²) in [5.41, 5.74) is 2.23. The number of β-amino-alcohol motifs (C(OH)–C–C–N with tert-alkyl or cyclic N) is 1. The maximum Gasteiger partial charge on any atom is 0.342 e. The van der Waals surface area contributed by atoms with Gasteiger partial charge in [0, 0.05) is 38.3 Å². The highest BCUT2D eigenvalue weighted by molar-refractivity contribution is 6.02. The number of hydrogen-bond donors (Lipinski definition) is 2. The third kappa shape index (κ3) is 5.17. The molecule has 10 nitrogen and oxygen atoms in total. The third-order valence-electron chi connectivity index (χ3n) is 6.49. The average molecular weight is 508 g/mol. The van der Waals surface area contributed by atoms with Crippen LogP contribution in [0.5, 0.6) is 5.75 Å². The van der Waals surface area contributed by atoms with Crippen molar-refractivity contribution in [1.29, 1.82) is 0 Å². The zero-order chi connectivity index (χ0) is 26.1. The van der Waals surface area contributed by atoms with Gasteiger partial charge in [-0.3, -0.25) is 9.59 Å². The van der Waals surface area contributed by atoms with E-state index in [4.69, 9.17) is 4.74 Å². The minimum Gasteiger partial charge on any atom is -0.489 e. The van der Waals surface area contributed by atoms with Crippen LogP contribution in [-0.4, -0.2) is 76.5 Å². The molecule has 37 heavy (non-hydrogen) atoms. The summed E-state index contributed by atoms with van der Waals surface area (Å²) >= 11 is 0. The minimum atomic E-state index is -0.992. The number of fused-ring (bicyclic) bond motifs is 1. The van der Waals surface area contributed by atoms with Crippen LogP contribution in [0.4, 0.5) is 14.9 Å². The zero-order valence-electron chi connectivity index (χ0n) is 20.1. The van der Waals surface area contributed by atoms with Gasteiger partial charge in [-0.1, -0.05) is 12.1 Å². The summed E-state index contributed by atoms with van der Waals surface area (Å²) in [6.07, 6.45) is 3.42. The van der Waals surface area contributed by atoms with Crippen LogP contribution in [0.3, 0.4) is 0 Å². The number of nitrogens with one attached hydrogen (secondary N) is 1. The number of nitrogens with zero attached hydrogens (tertiary/aromatic N) is 4. The first-order valence-corrected chi connectivity index (χ1v) is 11.9. The first kappa shape index (κ1) is 24.4. The number of rotatable bonds is 4. The lowest BCUT2D eigenvalue weighted by Crippen LogP contribution is -2.50. The maximum absolute atomic E-state index is 13.4. The quantitative estimate of drug-likeness (QED) is 0.556. The van der Waals surface area contributed by atoms with E-state index >= 15 is 0 Å². The first-order valence-electron chi connectivity index (χ1n) is 11.9. The Morgan fingerprint density at radius 3 is 2.81 bits per heavy atom. The van der Waals surface area contributed by atoms with Gasteiger partial charge >= 0.3 is 6.03 Å². The average Bonchev–Trinajstić information content (AvgIpc) is 3.52. The molecule has 2 aliphatic heterocycles. The number of aromatic nitrogens is 2. The standard InChI is InChI=1S/C26H26FN5O5/c1-30-22-11-18(24(34)31-8-7-20(33)14-31)5-6-23(22)37-15-21(25(30)35)29-26(36)32-13-17(12-28-32)9-16-3-2-4-19(27)10-16/h2-6,10-13,20-21,33H,7-9,14-15H2,1H3,(H,29,36)/t20?,21-/m0/s1. The number of likely N-dealkylation sites (N-methyl/N-ethyl adjacent to an activating group) is 1. The molecule has 11 heteroatoms. The Morgan fingerprint density at radius 2 is 2.05 bits per heavy atom. The number of hydrogen-bond acceptors (Lipinski definition) is 6. The summed E-state index contributed by atoms with van der Waals surface area (Å²) in [7, 11) is 1.55. The van der Waals surface area contributed by atoms with E-state index < -0.39 is 24.1 Å². The zero-order valence-corrected chi connectivity index (χ0v) is 20.1. The maximum atomic E-state index is 13.4. The van der Waals surface area contributed by atoms with Gasteiger partial charge in [0.2, 0.25) is 0 Å². The van der Waals surface area contributed by atoms with Crippen LogP contribution in [0.1, 0.15) is 27.9 Å². The van der Waals surface area contributed by atoms with Crippen LogP contribution < -0.4 is 15.0 Å². The number of benzene rings is 2. The van der Waals surface area contributed by atoms with Crippen molar-refractivity contribution in [2.45, 2.75) is 25.0 Å². The van der Waals surface area contributed by atoms with Crippen molar-refractivity contribution in [3.63, 3.8) is 0 Å². The van der Waals surface area contributed by atoms with Crippen molar-refractivity contribution in [2.75, 3.05) is 31.6 Å². The molecule has 1 saturated heterocycles. The van der Waals surface area contributed by atoms with E-state index in [1.165, 1.54) is 29.4 Å². The Labute approximate surface area is 212 Å². The molecule has 2 atom stereocenters. The van der Waals surface area contributed by atoms with E-state index in [0.29, 0.717) is 42.0 Å². The highest BCUT2D eigenvalue weighted by atomic mass is 19.1. The molecule has 5 rings (SSSR count). The number of aliphatic hydroxyl groups is 1. The number of likely N-dealkylation sites (tertiary alicyclic amines) is 1. The topological polar surface area (TPSA) is 117 Å². The van der Waals surface area contributed by atoms with Crippen molar-refractivity contribution in [3.8, 4) is 5.75 Å². The molecule has 192 valence electrons. The normalized spacial score (nSPS) is 19.3. The Bertz CT molecular complexity index is 1360. The summed E-state index contributed by atoms with van der Waals surface area (Å²) in [4.78, 5) is 41.7. The summed E-state index contributed by atoms with van der Waals surface area (Å²) in [5, 5.41) is 16.5. The molecule has 3 amide bonds. The van der Waals surface area contributed by atoms with Gasteiger partial charge in [0.15, 0.2) is 0 Å². The van der Waals surface area contributed by atoms with Crippen LogP contribution in [0, 0.1) is 5.82 Å². The van der Waals surface area contributed by atoms with E-state index in [0.717, 1.165) is 10.2 Å². The molecule has 0 spiro atoms. The van der Waals surface area contributed by atoms with Crippen molar-refractivity contribution in [3.05, 3.63) is 77.4 Å². The van der Waals surface area contributed by atoms with Crippen molar-refractivity contribution >= 4 is 23.5 Å². The fourth-order valence-electron chi connectivity index (χ4n) is 4.50. The van der Waals surface area contributed by atoms with Crippen LogP contribution in [-0.2, 0) is 11.2 Å². The van der Waals surface area contributed by atoms with Gasteiger partial charge in [-0.05, 0) is 47.9 Å². The van der Waals surface area contributed by atoms with Crippen LogP contribution in [0.25, 0.3) is 0 Å². The summed E-state index contributed by atoms with van der Waals surface area (Å²) < 4.78 is 20.3. The van der Waals surface area contributed by atoms with Gasteiger partial charge in [0.05, 0.1) is 18.0 Å². The van der Waals surface area contributed by atoms with Gasteiger partial charge in [0.1, 0.15) is 24.2 Å². The third-order valence-corrected chi connectivity index (χ3v) is 6.49. The Balaban J connectivity index is 1.26. The summed E-state index contributed by atoms with van der Waals surface area (Å²) in [5.74, 6) is -0.588. The SMILES string of the molecule is CN1C(=O)[C@@H](NC(=O)n2cc(Cc3cccc(F)c3)cn2)COc2ccc(C(=O)N3CCC(O)C3)cc21. The molecule has 2 aromatic carbocycles. The Kier molecular flexibility index (Phi) is 6.62. The molecule has 0 radical (unpaired) electrons. The fourth-order valence-corrected chi connectivity index (χ4v) is 4.50. The van der Waals surface area contributed by atoms with E-state index in [1.807, 2.05) is 0 Å². The summed E-state index contributed by atoms with van der Waals surface area (Å²) in [6, 6.07) is 9.38. The predicted molar refractivity (Wildman–Crippen MR) is 131 cm³/mol. The first-order chi connectivity index (χ1) is 17.8. The number of ether oxygens (including phenoxy) is 1. The number of anilines is 1. The van der Waals surface area contributed by atoms with Crippen LogP contribution in [0.2, 0.25) is 0 Å². The predicted octanol–water partition coefficient (Wildman–Crippen LogP) is 1.80. The lowest BCUT2D eigenvalue weighted by molar-refractivity contribution is -0.120. The summed E-state index contributed by atoms with van der Waals surface area (Å²) in [6.45, 7) is 0.630. The molecule has 0 aliphatic carbocycles. The second-order valence-electron chi connectivity index (χ2n) is 9.19. The number of halogens is 1. The molecule has 1 fully saturated rings. The van der Waals surface area contributed by atoms with E-state index in [-0.39, 0.29) is 24.9 Å². The molecule has 2 aliphatic rings. The molecule has 3 heterocycles. The largest absolute Gasteiger partial charge is 0.489 e. The molecular formula is C26H26FN5O5. The number of amides is 3. The molecule has 1 unspecified atom stereocenters. The second-order valence-corrected chi connectivity index (χ2v) is 9.19. The van der Waals surface area contributed by atoms with Crippen LogP contribution >= 0.6 is 0 Å². The molecule has 3 aromatic rings.